The number of para-hydroxylation sites is 2. The third kappa shape index (κ3) is 7.54. The minimum atomic E-state index is 0.301. The maximum atomic E-state index is 3.87. The van der Waals surface area contributed by atoms with Crippen LogP contribution in [0.2, 0.25) is 0 Å². The summed E-state index contributed by atoms with van der Waals surface area (Å²) in [6.07, 6.45) is 16.8. The highest BCUT2D eigenvalue weighted by Gasteiger charge is 2.14. The van der Waals surface area contributed by atoms with Crippen molar-refractivity contribution in [3.63, 3.8) is 0 Å². The molecule has 2 heteroatoms. The number of hydrogen-bond donors (Lipinski definition) is 1. The molecule has 1 unspecified atom stereocenters. The Hall–Kier alpha value is -5.60. The standard InChI is InChI=1S/C44H40N2/c1-3-12-34(13-4-2)32-35-20-28-43(29-21-35)46(42-18-9-6-10-19-42)44-30-24-37(25-31-44)39-15-11-14-38(33-39)36-22-26-41(27-23-36)45-40-16-7-5-8-17-40/h3-26,28-31,33,41,45H,1,27,32H2,2H3/b13-4-,34-12+. The monoisotopic (exact) mass is 596 g/mol. The molecule has 0 aromatic heterocycles. The quantitative estimate of drug-likeness (QED) is 0.153. The second-order valence-corrected chi connectivity index (χ2v) is 11.5. The highest BCUT2D eigenvalue weighted by atomic mass is 15.1. The zero-order chi connectivity index (χ0) is 31.6. The van der Waals surface area contributed by atoms with Crippen LogP contribution in [0, 0.1) is 0 Å². The number of benzene rings is 5. The van der Waals surface area contributed by atoms with Crippen LogP contribution in [0.15, 0.2) is 188 Å². The molecular weight excluding hydrogens is 556 g/mol. The van der Waals surface area contributed by atoms with Gasteiger partial charge < -0.3 is 10.2 Å². The van der Waals surface area contributed by atoms with E-state index in [-0.39, 0.29) is 0 Å². The summed E-state index contributed by atoms with van der Waals surface area (Å²) in [5, 5.41) is 3.60. The molecule has 5 aromatic carbocycles. The number of nitrogens with zero attached hydrogens (tertiary/aromatic N) is 1. The van der Waals surface area contributed by atoms with Gasteiger partial charge in [-0.15, -0.1) is 0 Å². The molecule has 0 radical (unpaired) electrons. The predicted octanol–water partition coefficient (Wildman–Crippen LogP) is 11.9. The smallest absolute Gasteiger partial charge is 0.0482 e. The van der Waals surface area contributed by atoms with Crippen LogP contribution in [0.1, 0.15) is 24.5 Å². The minimum Gasteiger partial charge on any atom is -0.379 e. The molecule has 2 nitrogen and oxygen atoms in total. The molecule has 0 heterocycles. The summed E-state index contributed by atoms with van der Waals surface area (Å²) >= 11 is 0. The average molecular weight is 597 g/mol. The topological polar surface area (TPSA) is 15.3 Å². The fraction of sp³-hybridized carbons (Fsp3) is 0.0909. The van der Waals surface area contributed by atoms with Crippen LogP contribution in [0.5, 0.6) is 0 Å². The van der Waals surface area contributed by atoms with Gasteiger partial charge in [0.2, 0.25) is 0 Å². The Kier molecular flexibility index (Phi) is 9.87. The Labute approximate surface area is 274 Å². The van der Waals surface area contributed by atoms with Crippen LogP contribution < -0.4 is 10.2 Å². The molecule has 0 amide bonds. The van der Waals surface area contributed by atoms with Gasteiger partial charge in [-0.3, -0.25) is 0 Å². The molecule has 226 valence electrons. The van der Waals surface area contributed by atoms with E-state index in [9.17, 15) is 0 Å². The number of anilines is 4. The zero-order valence-electron chi connectivity index (χ0n) is 26.4. The Morgan fingerprint density at radius 1 is 0.739 bits per heavy atom. The maximum Gasteiger partial charge on any atom is 0.0482 e. The normalized spacial score (nSPS) is 14.6. The second kappa shape index (κ2) is 14.9. The Bertz CT molecular complexity index is 1860. The molecule has 5 aromatic rings. The molecule has 1 aliphatic carbocycles. The first-order chi connectivity index (χ1) is 22.7. The summed E-state index contributed by atoms with van der Waals surface area (Å²) in [7, 11) is 0. The van der Waals surface area contributed by atoms with Crippen molar-refractivity contribution in [1.82, 2.24) is 0 Å². The molecule has 1 atom stereocenters. The van der Waals surface area contributed by atoms with Crippen molar-refractivity contribution in [2.24, 2.45) is 0 Å². The van der Waals surface area contributed by atoms with Crippen LogP contribution in [0.25, 0.3) is 16.7 Å². The first-order valence-corrected chi connectivity index (χ1v) is 16.0. The SMILES string of the molecule is C=C/C=C(\C=C/C)Cc1ccc(N(c2ccccc2)c2ccc(-c3cccc(C4=CCC(Nc5ccccc5)C=C4)c3)cc2)cc1. The van der Waals surface area contributed by atoms with Gasteiger partial charge in [0.25, 0.3) is 0 Å². The van der Waals surface area contributed by atoms with E-state index in [1.165, 1.54) is 33.4 Å². The summed E-state index contributed by atoms with van der Waals surface area (Å²) in [5.74, 6) is 0. The van der Waals surface area contributed by atoms with Crippen molar-refractivity contribution < 1.29 is 0 Å². The third-order valence-corrected chi connectivity index (χ3v) is 8.21. The molecule has 1 aliphatic rings. The van der Waals surface area contributed by atoms with Crippen molar-refractivity contribution in [2.45, 2.75) is 25.8 Å². The first-order valence-electron chi connectivity index (χ1n) is 16.0. The minimum absolute atomic E-state index is 0.301. The van der Waals surface area contributed by atoms with E-state index in [1.54, 1.807) is 0 Å². The molecule has 1 N–H and O–H groups in total. The van der Waals surface area contributed by atoms with Crippen LogP contribution >= 0.6 is 0 Å². The van der Waals surface area contributed by atoms with Gasteiger partial charge in [-0.25, -0.2) is 0 Å². The molecule has 0 aliphatic heterocycles. The van der Waals surface area contributed by atoms with E-state index < -0.39 is 0 Å². The van der Waals surface area contributed by atoms with E-state index >= 15 is 0 Å². The molecule has 0 saturated heterocycles. The fourth-order valence-corrected chi connectivity index (χ4v) is 5.93. The van der Waals surface area contributed by atoms with Crippen molar-refractivity contribution in [3.8, 4) is 11.1 Å². The Morgan fingerprint density at radius 2 is 1.39 bits per heavy atom. The lowest BCUT2D eigenvalue weighted by molar-refractivity contribution is 0.886. The van der Waals surface area contributed by atoms with Gasteiger partial charge in [-0.2, -0.15) is 0 Å². The fourth-order valence-electron chi connectivity index (χ4n) is 5.93. The van der Waals surface area contributed by atoms with Gasteiger partial charge >= 0.3 is 0 Å². The highest BCUT2D eigenvalue weighted by Crippen LogP contribution is 2.36. The largest absolute Gasteiger partial charge is 0.379 e. The summed E-state index contributed by atoms with van der Waals surface area (Å²) in [5.41, 5.74) is 11.9. The number of nitrogens with one attached hydrogen (secondary N) is 1. The molecule has 0 saturated carbocycles. The molecular formula is C44H40N2. The third-order valence-electron chi connectivity index (χ3n) is 8.21. The van der Waals surface area contributed by atoms with E-state index in [0.717, 1.165) is 35.6 Å². The second-order valence-electron chi connectivity index (χ2n) is 11.5. The van der Waals surface area contributed by atoms with Gasteiger partial charge in [-0.05, 0) is 108 Å². The van der Waals surface area contributed by atoms with Crippen molar-refractivity contribution in [1.29, 1.82) is 0 Å². The van der Waals surface area contributed by atoms with Crippen molar-refractivity contribution >= 4 is 28.3 Å². The van der Waals surface area contributed by atoms with Crippen molar-refractivity contribution in [3.05, 3.63) is 199 Å². The lowest BCUT2D eigenvalue weighted by Gasteiger charge is -2.26. The summed E-state index contributed by atoms with van der Waals surface area (Å²) in [4.78, 5) is 2.31. The van der Waals surface area contributed by atoms with Gasteiger partial charge in [-0.1, -0.05) is 128 Å². The number of allylic oxidation sites excluding steroid dienone is 7. The van der Waals surface area contributed by atoms with Crippen LogP contribution in [-0.4, -0.2) is 6.04 Å². The lowest BCUT2D eigenvalue weighted by Crippen LogP contribution is -2.17. The Morgan fingerprint density at radius 3 is 2.04 bits per heavy atom. The van der Waals surface area contributed by atoms with Crippen LogP contribution in [0.3, 0.4) is 0 Å². The number of hydrogen-bond acceptors (Lipinski definition) is 2. The van der Waals surface area contributed by atoms with E-state index in [2.05, 4.69) is 181 Å². The van der Waals surface area contributed by atoms with Gasteiger partial charge in [0.05, 0.1) is 0 Å². The Balaban J connectivity index is 1.21. The zero-order valence-corrected chi connectivity index (χ0v) is 26.4. The van der Waals surface area contributed by atoms with Gasteiger partial charge in [0, 0.05) is 28.8 Å². The average Bonchev–Trinajstić information content (AvgIpc) is 3.11. The molecule has 6 rings (SSSR count). The summed E-state index contributed by atoms with van der Waals surface area (Å²) in [6.45, 7) is 5.92. The molecule has 46 heavy (non-hydrogen) atoms. The molecule has 0 fully saturated rings. The van der Waals surface area contributed by atoms with Gasteiger partial charge in [0.1, 0.15) is 0 Å². The summed E-state index contributed by atoms with van der Waals surface area (Å²) in [6, 6.07) is 47.9. The number of rotatable bonds is 11. The summed E-state index contributed by atoms with van der Waals surface area (Å²) < 4.78 is 0. The van der Waals surface area contributed by atoms with Crippen molar-refractivity contribution in [2.75, 3.05) is 10.2 Å². The predicted molar refractivity (Wildman–Crippen MR) is 199 cm³/mol. The van der Waals surface area contributed by atoms with E-state index in [1.807, 2.05) is 19.1 Å². The lowest BCUT2D eigenvalue weighted by atomic mass is 9.94. The molecule has 0 spiro atoms. The van der Waals surface area contributed by atoms with E-state index in [0.29, 0.717) is 6.04 Å². The maximum absolute atomic E-state index is 3.87. The first kappa shape index (κ1) is 30.4. The van der Waals surface area contributed by atoms with Crippen LogP contribution in [0.4, 0.5) is 22.7 Å². The molecule has 0 bridgehead atoms. The van der Waals surface area contributed by atoms with Crippen LogP contribution in [-0.2, 0) is 6.42 Å². The highest BCUT2D eigenvalue weighted by molar-refractivity contribution is 5.81. The van der Waals surface area contributed by atoms with E-state index in [4.69, 9.17) is 0 Å². The van der Waals surface area contributed by atoms with Gasteiger partial charge in [0.15, 0.2) is 0 Å².